The number of carbonyl (C=O) groups is 2. The van der Waals surface area contributed by atoms with Crippen LogP contribution in [0, 0.1) is 11.0 Å². The highest BCUT2D eigenvalue weighted by molar-refractivity contribution is 7.14. The lowest BCUT2D eigenvalue weighted by molar-refractivity contribution is -0.136. The number of aromatic nitrogens is 1. The number of carbonyl (C=O) groups excluding carboxylic acids is 2. The molecule has 0 bridgehead atoms. The molecular formula is C27H35ClFN5O4S. The lowest BCUT2D eigenvalue weighted by atomic mass is 10.0. The van der Waals surface area contributed by atoms with Gasteiger partial charge in [-0.05, 0) is 31.5 Å². The van der Waals surface area contributed by atoms with Crippen LogP contribution in [-0.2, 0) is 9.53 Å². The van der Waals surface area contributed by atoms with E-state index >= 15 is 0 Å². The van der Waals surface area contributed by atoms with E-state index in [4.69, 9.17) is 16.3 Å². The van der Waals surface area contributed by atoms with E-state index in [0.29, 0.717) is 22.7 Å². The van der Waals surface area contributed by atoms with Crippen molar-refractivity contribution in [2.24, 2.45) is 5.92 Å². The molecule has 5 atom stereocenters. The van der Waals surface area contributed by atoms with E-state index in [-0.39, 0.29) is 35.8 Å². The Bertz CT molecular complexity index is 1190. The van der Waals surface area contributed by atoms with Crippen LogP contribution < -0.4 is 10.2 Å². The topological polar surface area (TPSA) is 98.2 Å². The number of fused-ring (bicyclic) bond motifs is 1. The Morgan fingerprint density at radius 1 is 1.23 bits per heavy atom. The van der Waals surface area contributed by atoms with E-state index in [1.165, 1.54) is 0 Å². The van der Waals surface area contributed by atoms with Crippen molar-refractivity contribution in [3.05, 3.63) is 35.0 Å². The van der Waals surface area contributed by atoms with Gasteiger partial charge in [-0.25, -0.2) is 4.98 Å². The number of rotatable bonds is 7. The Morgan fingerprint density at radius 3 is 2.59 bits per heavy atom. The molecule has 1 aromatic heterocycles. The zero-order chi connectivity index (χ0) is 27.8. The number of aliphatic hydroxyl groups is 1. The highest BCUT2D eigenvalue weighted by atomic mass is 35.5. The van der Waals surface area contributed by atoms with Crippen LogP contribution in [0.3, 0.4) is 0 Å². The first-order valence-corrected chi connectivity index (χ1v) is 14.6. The number of piperazine rings is 1. The SMILES string of the molecule is CC(C)C[C@H](NC(=O)c1ccc(-c2nc(N3CCN(C)CC3)sc2F)cc1)C(=O)N1C[C@@H](Cl)[C@H]2OC[C@H](O)[C@H]21. The molecule has 0 unspecified atom stereocenters. The van der Waals surface area contributed by atoms with Crippen molar-refractivity contribution in [2.75, 3.05) is 51.3 Å². The molecule has 3 fully saturated rings. The van der Waals surface area contributed by atoms with Gasteiger partial charge >= 0.3 is 0 Å². The second-order valence-corrected chi connectivity index (χ2v) is 12.5. The smallest absolute Gasteiger partial charge is 0.251 e. The Labute approximate surface area is 236 Å². The number of aliphatic hydroxyl groups excluding tert-OH is 1. The predicted octanol–water partition coefficient (Wildman–Crippen LogP) is 2.42. The van der Waals surface area contributed by atoms with Crippen LogP contribution in [0.4, 0.5) is 9.52 Å². The van der Waals surface area contributed by atoms with Gasteiger partial charge in [0.2, 0.25) is 11.0 Å². The molecule has 2 amide bonds. The minimum atomic E-state index is -0.812. The van der Waals surface area contributed by atoms with Crippen molar-refractivity contribution < 1.29 is 23.8 Å². The maximum absolute atomic E-state index is 14.8. The monoisotopic (exact) mass is 579 g/mol. The van der Waals surface area contributed by atoms with Gasteiger partial charge in [0, 0.05) is 43.9 Å². The molecule has 0 spiro atoms. The minimum Gasteiger partial charge on any atom is -0.388 e. The molecule has 3 aliphatic heterocycles. The number of halogens is 2. The molecule has 39 heavy (non-hydrogen) atoms. The summed E-state index contributed by atoms with van der Waals surface area (Å²) in [7, 11) is 2.07. The molecule has 3 aliphatic rings. The van der Waals surface area contributed by atoms with Crippen molar-refractivity contribution in [3.8, 4) is 11.3 Å². The van der Waals surface area contributed by atoms with E-state index in [0.717, 1.165) is 37.5 Å². The van der Waals surface area contributed by atoms with Gasteiger partial charge in [-0.1, -0.05) is 37.3 Å². The first-order valence-electron chi connectivity index (χ1n) is 13.4. The average molecular weight is 580 g/mol. The number of alkyl halides is 1. The summed E-state index contributed by atoms with van der Waals surface area (Å²) in [5, 5.41) is 13.2. The number of ether oxygens (including phenoxy) is 1. The normalized spacial score (nSPS) is 26.2. The average Bonchev–Trinajstić information content (AvgIpc) is 3.58. The van der Waals surface area contributed by atoms with E-state index < -0.39 is 35.6 Å². The van der Waals surface area contributed by atoms with E-state index in [9.17, 15) is 19.1 Å². The fourth-order valence-corrected chi connectivity index (χ4v) is 6.74. The molecule has 0 radical (unpaired) electrons. The lowest BCUT2D eigenvalue weighted by Crippen LogP contribution is -2.53. The molecule has 1 aromatic carbocycles. The fourth-order valence-electron chi connectivity index (χ4n) is 5.50. The number of benzene rings is 1. The number of amides is 2. The third-order valence-electron chi connectivity index (χ3n) is 7.64. The third kappa shape index (κ3) is 5.92. The summed E-state index contributed by atoms with van der Waals surface area (Å²) in [5.41, 5.74) is 1.21. The van der Waals surface area contributed by atoms with Crippen molar-refractivity contribution >= 4 is 39.9 Å². The molecule has 12 heteroatoms. The van der Waals surface area contributed by atoms with Crippen LogP contribution in [-0.4, -0.2) is 108 Å². The summed E-state index contributed by atoms with van der Waals surface area (Å²) in [5.74, 6) is -0.546. The molecule has 2 N–H and O–H groups in total. The highest BCUT2D eigenvalue weighted by Gasteiger charge is 2.52. The van der Waals surface area contributed by atoms with E-state index in [2.05, 4.69) is 27.1 Å². The van der Waals surface area contributed by atoms with Gasteiger partial charge in [-0.3, -0.25) is 9.59 Å². The van der Waals surface area contributed by atoms with Gasteiger partial charge in [0.05, 0.1) is 24.1 Å². The van der Waals surface area contributed by atoms with Gasteiger partial charge < -0.3 is 29.9 Å². The van der Waals surface area contributed by atoms with Gasteiger partial charge in [0.15, 0.2) is 5.13 Å². The Morgan fingerprint density at radius 2 is 1.92 bits per heavy atom. The van der Waals surface area contributed by atoms with Gasteiger partial charge in [0.25, 0.3) is 5.91 Å². The van der Waals surface area contributed by atoms with Crippen LogP contribution in [0.15, 0.2) is 24.3 Å². The number of nitrogens with one attached hydrogen (secondary N) is 1. The molecular weight excluding hydrogens is 545 g/mol. The fraction of sp³-hybridized carbons (Fsp3) is 0.593. The largest absolute Gasteiger partial charge is 0.388 e. The maximum atomic E-state index is 14.8. The van der Waals surface area contributed by atoms with Crippen molar-refractivity contribution in [1.29, 1.82) is 0 Å². The van der Waals surface area contributed by atoms with Crippen molar-refractivity contribution in [2.45, 2.75) is 49.9 Å². The number of hydrogen-bond donors (Lipinski definition) is 2. The van der Waals surface area contributed by atoms with Crippen LogP contribution in [0.1, 0.15) is 30.6 Å². The third-order valence-corrected chi connectivity index (χ3v) is 8.93. The first kappa shape index (κ1) is 28.2. The molecule has 4 heterocycles. The van der Waals surface area contributed by atoms with Gasteiger partial charge in [-0.15, -0.1) is 11.6 Å². The Kier molecular flexibility index (Phi) is 8.44. The minimum absolute atomic E-state index is 0.131. The van der Waals surface area contributed by atoms with Crippen LogP contribution in [0.25, 0.3) is 11.3 Å². The second kappa shape index (κ2) is 11.7. The van der Waals surface area contributed by atoms with Gasteiger partial charge in [-0.2, -0.15) is 4.39 Å². The van der Waals surface area contributed by atoms with Crippen molar-refractivity contribution in [1.82, 2.24) is 20.1 Å². The molecule has 9 nitrogen and oxygen atoms in total. The highest BCUT2D eigenvalue weighted by Crippen LogP contribution is 2.34. The summed E-state index contributed by atoms with van der Waals surface area (Å²) in [6.07, 6.45) is -0.801. The molecule has 212 valence electrons. The summed E-state index contributed by atoms with van der Waals surface area (Å²) >= 11 is 7.44. The van der Waals surface area contributed by atoms with E-state index in [1.54, 1.807) is 29.2 Å². The number of nitrogens with zero attached hydrogens (tertiary/aromatic N) is 4. The zero-order valence-electron chi connectivity index (χ0n) is 22.3. The number of likely N-dealkylation sites (tertiary alicyclic amines) is 1. The summed E-state index contributed by atoms with van der Waals surface area (Å²) < 4.78 is 20.4. The van der Waals surface area contributed by atoms with Crippen LogP contribution >= 0.6 is 22.9 Å². The van der Waals surface area contributed by atoms with Gasteiger partial charge in [0.1, 0.15) is 17.8 Å². The molecule has 2 aromatic rings. The van der Waals surface area contributed by atoms with E-state index in [1.807, 2.05) is 13.8 Å². The van der Waals surface area contributed by atoms with Crippen molar-refractivity contribution in [3.63, 3.8) is 0 Å². The van der Waals surface area contributed by atoms with Crippen LogP contribution in [0.2, 0.25) is 0 Å². The standard InChI is InChI=1S/C27H35ClFN5O4S/c1-15(2)12-19(26(37)34-13-18(28)23-22(34)20(35)14-38-23)30-25(36)17-6-4-16(5-7-17)21-24(29)39-27(31-21)33-10-8-32(3)9-11-33/h4-7,15,18-20,22-23,35H,8-14H2,1-3H3,(H,30,36)/t18-,19+,20+,22-,23-/m1/s1. The maximum Gasteiger partial charge on any atom is 0.251 e. The first-order chi connectivity index (χ1) is 18.6. The molecule has 0 saturated carbocycles. The molecule has 3 saturated heterocycles. The number of thiazole rings is 1. The summed E-state index contributed by atoms with van der Waals surface area (Å²) in [6.45, 7) is 7.74. The zero-order valence-corrected chi connectivity index (χ0v) is 23.9. The number of likely N-dealkylation sites (N-methyl/N-ethyl adjacent to an activating group) is 1. The Hall–Kier alpha value is -2.31. The summed E-state index contributed by atoms with van der Waals surface area (Å²) in [6, 6.07) is 5.28. The lowest BCUT2D eigenvalue weighted by Gasteiger charge is -2.31. The quantitative estimate of drug-likeness (QED) is 0.486. The number of hydrogen-bond acceptors (Lipinski definition) is 8. The molecule has 5 rings (SSSR count). The second-order valence-electron chi connectivity index (χ2n) is 11.0. The predicted molar refractivity (Wildman–Crippen MR) is 149 cm³/mol. The molecule has 0 aliphatic carbocycles. The Balaban J connectivity index is 1.28. The number of anilines is 1. The summed E-state index contributed by atoms with van der Waals surface area (Å²) in [4.78, 5) is 37.2. The van der Waals surface area contributed by atoms with Crippen LogP contribution in [0.5, 0.6) is 0 Å².